The van der Waals surface area contributed by atoms with Crippen LogP contribution in [0.5, 0.6) is 17.2 Å². The van der Waals surface area contributed by atoms with Gasteiger partial charge in [0.1, 0.15) is 11.9 Å². The van der Waals surface area contributed by atoms with Crippen LogP contribution in [0.25, 0.3) is 27.6 Å². The second kappa shape index (κ2) is 4.99. The van der Waals surface area contributed by atoms with Crippen LogP contribution in [0, 0.1) is 0 Å². The van der Waals surface area contributed by atoms with Gasteiger partial charge in [0.05, 0.1) is 5.56 Å². The van der Waals surface area contributed by atoms with Crippen molar-refractivity contribution in [2.45, 2.75) is 12.2 Å². The molecule has 2 aliphatic rings. The lowest BCUT2D eigenvalue weighted by molar-refractivity contribution is -0.151. The highest BCUT2D eigenvalue weighted by Gasteiger charge is 2.40. The predicted octanol–water partition coefficient (Wildman–Crippen LogP) is 2.49. The van der Waals surface area contributed by atoms with Crippen LogP contribution < -0.4 is 4.74 Å². The molecule has 0 fully saturated rings. The molecule has 3 aromatic rings. The second-order valence-corrected chi connectivity index (χ2v) is 6.57. The van der Waals surface area contributed by atoms with Crippen molar-refractivity contribution in [3.8, 4) is 17.2 Å². The Balaban J connectivity index is 2.07. The summed E-state index contributed by atoms with van der Waals surface area (Å²) in [6.07, 6.45) is -0.381. The average Bonchev–Trinajstić information content (AvgIpc) is 2.63. The van der Waals surface area contributed by atoms with Crippen LogP contribution in [0.1, 0.15) is 27.6 Å². The monoisotopic (exact) mass is 364 g/mol. The van der Waals surface area contributed by atoms with Gasteiger partial charge >= 0.3 is 5.97 Å². The van der Waals surface area contributed by atoms with Crippen LogP contribution in [-0.2, 0) is 4.79 Å². The minimum absolute atomic E-state index is 0.0294. The number of aromatic hydroxyl groups is 2. The van der Waals surface area contributed by atoms with E-state index in [2.05, 4.69) is 0 Å². The highest BCUT2D eigenvalue weighted by atomic mass is 16.5. The lowest BCUT2D eigenvalue weighted by Crippen LogP contribution is -2.36. The van der Waals surface area contributed by atoms with Crippen LogP contribution in [-0.4, -0.2) is 38.3 Å². The molecule has 7 nitrogen and oxygen atoms in total. The largest absolute Gasteiger partial charge is 0.507 e. The van der Waals surface area contributed by atoms with E-state index in [0.717, 1.165) is 0 Å². The van der Waals surface area contributed by atoms with E-state index in [4.69, 9.17) is 4.74 Å². The lowest BCUT2D eigenvalue weighted by atomic mass is 9.81. The molecule has 0 bridgehead atoms. The van der Waals surface area contributed by atoms with Gasteiger partial charge in [0.15, 0.2) is 17.3 Å². The number of aliphatic hydroxyl groups excluding tert-OH is 1. The molecule has 7 heteroatoms. The summed E-state index contributed by atoms with van der Waals surface area (Å²) in [5, 5.41) is 42.6. The van der Waals surface area contributed by atoms with Gasteiger partial charge in [-0.25, -0.2) is 4.79 Å². The van der Waals surface area contributed by atoms with Crippen molar-refractivity contribution in [2.75, 3.05) is 0 Å². The molecule has 0 amide bonds. The zero-order valence-electron chi connectivity index (χ0n) is 13.6. The molecule has 3 aromatic carbocycles. The number of aliphatic hydroxyl groups is 1. The molecule has 0 spiro atoms. The zero-order valence-corrected chi connectivity index (χ0v) is 13.6. The van der Waals surface area contributed by atoms with Crippen LogP contribution in [0.15, 0.2) is 30.3 Å². The number of fused-ring (bicyclic) bond motifs is 2. The normalized spacial score (nSPS) is 20.1. The van der Waals surface area contributed by atoms with Crippen LogP contribution >= 0.6 is 0 Å². The first-order valence-electron chi connectivity index (χ1n) is 8.17. The standard InChI is InChI=1S/C20H12O7/c21-10-4-1-7-8-2-6-12(23)18-15(8)14(17(24)19(27-18)20(25)26)9-3-5-11(22)16(10)13(7)9/h1-6,17,19,21,23-24H,(H,25,26)/t17-,19+/m0/s1. The van der Waals surface area contributed by atoms with Crippen molar-refractivity contribution in [1.29, 1.82) is 0 Å². The average molecular weight is 364 g/mol. The molecule has 0 aromatic heterocycles. The Hall–Kier alpha value is -3.58. The van der Waals surface area contributed by atoms with Gasteiger partial charge in [0.25, 0.3) is 0 Å². The van der Waals surface area contributed by atoms with Gasteiger partial charge in [0, 0.05) is 16.3 Å². The second-order valence-electron chi connectivity index (χ2n) is 6.57. The van der Waals surface area contributed by atoms with Crippen molar-refractivity contribution in [2.24, 2.45) is 0 Å². The predicted molar refractivity (Wildman–Crippen MR) is 95.2 cm³/mol. The quantitative estimate of drug-likeness (QED) is 0.489. The Morgan fingerprint density at radius 2 is 1.63 bits per heavy atom. The first-order valence-corrected chi connectivity index (χ1v) is 8.17. The van der Waals surface area contributed by atoms with Crippen LogP contribution in [0.2, 0.25) is 0 Å². The summed E-state index contributed by atoms with van der Waals surface area (Å²) >= 11 is 0. The third kappa shape index (κ3) is 1.83. The number of phenols is 2. The molecule has 27 heavy (non-hydrogen) atoms. The molecule has 1 aliphatic heterocycles. The van der Waals surface area contributed by atoms with Crippen molar-refractivity contribution in [3.05, 3.63) is 47.0 Å². The number of carbonyl (C=O) groups is 2. The number of ether oxygens (including phenoxy) is 1. The van der Waals surface area contributed by atoms with Crippen molar-refractivity contribution >= 4 is 39.4 Å². The Bertz CT molecular complexity index is 1240. The molecule has 4 N–H and O–H groups in total. The molecular formula is C20H12O7. The number of allylic oxidation sites excluding steroid dienone is 1. The van der Waals surface area contributed by atoms with E-state index in [1.807, 2.05) is 0 Å². The van der Waals surface area contributed by atoms with Crippen molar-refractivity contribution < 1.29 is 34.8 Å². The van der Waals surface area contributed by atoms with Crippen molar-refractivity contribution in [3.63, 3.8) is 0 Å². The Labute approximate surface area is 151 Å². The zero-order chi connectivity index (χ0) is 19.0. The fourth-order valence-corrected chi connectivity index (χ4v) is 4.05. The minimum Gasteiger partial charge on any atom is -0.507 e. The highest BCUT2D eigenvalue weighted by molar-refractivity contribution is 6.27. The van der Waals surface area contributed by atoms with E-state index in [0.29, 0.717) is 27.1 Å². The molecule has 134 valence electrons. The number of benzene rings is 3. The number of carbonyl (C=O) groups excluding carboxylic acids is 1. The molecule has 1 heterocycles. The maximum Gasteiger partial charge on any atom is 0.348 e. The van der Waals surface area contributed by atoms with Crippen LogP contribution in [0.4, 0.5) is 0 Å². The molecule has 0 unspecified atom stereocenters. The van der Waals surface area contributed by atoms with Gasteiger partial charge in [0.2, 0.25) is 6.10 Å². The summed E-state index contributed by atoms with van der Waals surface area (Å²) in [6.45, 7) is 0. The van der Waals surface area contributed by atoms with Gasteiger partial charge < -0.3 is 25.2 Å². The molecular weight excluding hydrogens is 352 g/mol. The van der Waals surface area contributed by atoms with Gasteiger partial charge in [-0.3, -0.25) is 4.79 Å². The number of carboxylic acids is 1. The summed E-state index contributed by atoms with van der Waals surface area (Å²) in [7, 11) is 0. The van der Waals surface area contributed by atoms with Gasteiger partial charge in [-0.15, -0.1) is 0 Å². The summed E-state index contributed by atoms with van der Waals surface area (Å²) in [4.78, 5) is 23.9. The van der Waals surface area contributed by atoms with E-state index < -0.39 is 18.2 Å². The summed E-state index contributed by atoms with van der Waals surface area (Å²) < 4.78 is 5.41. The summed E-state index contributed by atoms with van der Waals surface area (Å²) in [5.41, 5.74) is 0.776. The Morgan fingerprint density at radius 1 is 0.963 bits per heavy atom. The Kier molecular flexibility index (Phi) is 2.89. The highest BCUT2D eigenvalue weighted by Crippen LogP contribution is 2.51. The number of rotatable bonds is 1. The third-order valence-corrected chi connectivity index (χ3v) is 5.16. The van der Waals surface area contributed by atoms with Gasteiger partial charge in [-0.1, -0.05) is 12.1 Å². The van der Waals surface area contributed by atoms with E-state index in [-0.39, 0.29) is 34.2 Å². The molecule has 5 rings (SSSR count). The summed E-state index contributed by atoms with van der Waals surface area (Å²) in [6, 6.07) is 6.03. The molecule has 0 saturated carbocycles. The molecule has 0 radical (unpaired) electrons. The minimum atomic E-state index is -1.62. The smallest absolute Gasteiger partial charge is 0.348 e. The Morgan fingerprint density at radius 3 is 2.33 bits per heavy atom. The number of carboxylic acid groups (broad SMARTS) is 1. The molecule has 2 atom stereocenters. The summed E-state index contributed by atoms with van der Waals surface area (Å²) in [5.74, 6) is -2.24. The first-order chi connectivity index (χ1) is 12.9. The number of hydrogen-bond acceptors (Lipinski definition) is 6. The topological polar surface area (TPSA) is 124 Å². The van der Waals surface area contributed by atoms with E-state index in [9.17, 15) is 30.0 Å². The van der Waals surface area contributed by atoms with Crippen molar-refractivity contribution in [1.82, 2.24) is 0 Å². The van der Waals surface area contributed by atoms with Crippen LogP contribution in [0.3, 0.4) is 0 Å². The van der Waals surface area contributed by atoms with Gasteiger partial charge in [-0.2, -0.15) is 0 Å². The first kappa shape index (κ1) is 15.7. The SMILES string of the molecule is O=C1C=Cc2c3c4c(c(O)ccc4c4ccc(O)c1c24)O[C@@H](C(=O)O)[C@H]3O. The van der Waals surface area contributed by atoms with Gasteiger partial charge in [-0.05, 0) is 40.6 Å². The lowest BCUT2D eigenvalue weighted by Gasteiger charge is -2.32. The maximum absolute atomic E-state index is 12.3. The molecule has 0 saturated heterocycles. The number of aliphatic carboxylic acids is 1. The third-order valence-electron chi connectivity index (χ3n) is 5.16. The van der Waals surface area contributed by atoms with E-state index >= 15 is 0 Å². The number of ketones is 1. The number of hydrogen-bond donors (Lipinski definition) is 4. The number of phenolic OH excluding ortho intramolecular Hbond substituents is 2. The maximum atomic E-state index is 12.3. The fraction of sp³-hybridized carbons (Fsp3) is 0.100. The molecule has 1 aliphatic carbocycles. The van der Waals surface area contributed by atoms with E-state index in [1.54, 1.807) is 12.1 Å². The fourth-order valence-electron chi connectivity index (χ4n) is 4.05. The van der Waals surface area contributed by atoms with E-state index in [1.165, 1.54) is 24.3 Å².